The molecular weight excluding hydrogens is 271 g/mol. The van der Waals surface area contributed by atoms with Crippen molar-refractivity contribution in [3.8, 4) is 0 Å². The van der Waals surface area contributed by atoms with Crippen molar-refractivity contribution >= 4 is 23.7 Å². The molecule has 0 saturated carbocycles. The Hall–Kier alpha value is -2.64. The number of anilines is 1. The van der Waals surface area contributed by atoms with Crippen molar-refractivity contribution in [2.75, 3.05) is 5.32 Å². The summed E-state index contributed by atoms with van der Waals surface area (Å²) in [5, 5.41) is 21.4. The van der Waals surface area contributed by atoms with E-state index < -0.39 is 36.2 Å². The standard InChI is InChI=1S/C12H13FN2O5/c1-6-3-2-4-7(13)10(6)15-12(20)14-8(11(18)19)5-9(16)17/h2-4,8H,5H2,1H3,(H,16,17)(H,18,19)(H2,14,15,20)/t8-/m0/s1. The zero-order chi connectivity index (χ0) is 15.3. The Labute approximate surface area is 113 Å². The molecule has 0 heterocycles. The number of amides is 2. The van der Waals surface area contributed by atoms with Gasteiger partial charge in [0, 0.05) is 0 Å². The fourth-order valence-corrected chi connectivity index (χ4v) is 1.47. The first-order valence-corrected chi connectivity index (χ1v) is 5.58. The first-order chi connectivity index (χ1) is 9.31. The van der Waals surface area contributed by atoms with Crippen molar-refractivity contribution in [3.05, 3.63) is 29.6 Å². The van der Waals surface area contributed by atoms with E-state index in [4.69, 9.17) is 10.2 Å². The predicted octanol–water partition coefficient (Wildman–Crippen LogP) is 1.18. The van der Waals surface area contributed by atoms with E-state index in [0.717, 1.165) is 6.07 Å². The maximum absolute atomic E-state index is 13.5. The molecule has 108 valence electrons. The van der Waals surface area contributed by atoms with Gasteiger partial charge in [0.1, 0.15) is 11.9 Å². The number of carbonyl (C=O) groups excluding carboxylic acids is 1. The highest BCUT2D eigenvalue weighted by atomic mass is 19.1. The third-order valence-electron chi connectivity index (χ3n) is 2.44. The molecule has 0 fully saturated rings. The van der Waals surface area contributed by atoms with Gasteiger partial charge < -0.3 is 20.8 Å². The predicted molar refractivity (Wildman–Crippen MR) is 67.0 cm³/mol. The lowest BCUT2D eigenvalue weighted by atomic mass is 10.2. The van der Waals surface area contributed by atoms with Gasteiger partial charge in [0.15, 0.2) is 0 Å². The molecule has 7 nitrogen and oxygen atoms in total. The molecule has 20 heavy (non-hydrogen) atoms. The van der Waals surface area contributed by atoms with Crippen molar-refractivity contribution < 1.29 is 29.0 Å². The van der Waals surface area contributed by atoms with Crippen LogP contribution in [0.15, 0.2) is 18.2 Å². The van der Waals surface area contributed by atoms with E-state index in [1.54, 1.807) is 13.0 Å². The molecule has 0 unspecified atom stereocenters. The zero-order valence-electron chi connectivity index (χ0n) is 10.5. The molecule has 0 aliphatic rings. The number of carbonyl (C=O) groups is 3. The quantitative estimate of drug-likeness (QED) is 0.648. The second-order valence-corrected chi connectivity index (χ2v) is 4.02. The molecule has 0 radical (unpaired) electrons. The van der Waals surface area contributed by atoms with Gasteiger partial charge in [0.25, 0.3) is 0 Å². The number of aryl methyl sites for hydroxylation is 1. The van der Waals surface area contributed by atoms with Crippen molar-refractivity contribution in [2.24, 2.45) is 0 Å². The number of carboxylic acid groups (broad SMARTS) is 2. The van der Waals surface area contributed by atoms with Crippen molar-refractivity contribution in [1.82, 2.24) is 5.32 Å². The third-order valence-corrected chi connectivity index (χ3v) is 2.44. The van der Waals surface area contributed by atoms with E-state index in [0.29, 0.717) is 5.56 Å². The zero-order valence-corrected chi connectivity index (χ0v) is 10.5. The number of benzene rings is 1. The largest absolute Gasteiger partial charge is 0.481 e. The van der Waals surface area contributed by atoms with E-state index in [1.807, 2.05) is 5.32 Å². The molecule has 1 aromatic rings. The highest BCUT2D eigenvalue weighted by Crippen LogP contribution is 2.18. The van der Waals surface area contributed by atoms with Crippen LogP contribution in [0.25, 0.3) is 0 Å². The lowest BCUT2D eigenvalue weighted by Gasteiger charge is -2.14. The molecule has 0 spiro atoms. The van der Waals surface area contributed by atoms with Crippen LogP contribution in [0.1, 0.15) is 12.0 Å². The van der Waals surface area contributed by atoms with Gasteiger partial charge in [0.05, 0.1) is 12.1 Å². The summed E-state index contributed by atoms with van der Waals surface area (Å²) in [5.74, 6) is -3.54. The van der Waals surface area contributed by atoms with Crippen LogP contribution in [-0.2, 0) is 9.59 Å². The topological polar surface area (TPSA) is 116 Å². The summed E-state index contributed by atoms with van der Waals surface area (Å²) in [6, 6.07) is 1.56. The number of rotatable bonds is 5. The number of hydrogen-bond acceptors (Lipinski definition) is 3. The minimum Gasteiger partial charge on any atom is -0.481 e. The fourth-order valence-electron chi connectivity index (χ4n) is 1.47. The van der Waals surface area contributed by atoms with Crippen LogP contribution in [-0.4, -0.2) is 34.2 Å². The highest BCUT2D eigenvalue weighted by molar-refractivity contribution is 5.94. The smallest absolute Gasteiger partial charge is 0.326 e. The van der Waals surface area contributed by atoms with Gasteiger partial charge in [-0.1, -0.05) is 12.1 Å². The average Bonchev–Trinajstić information content (AvgIpc) is 2.32. The number of nitrogens with one attached hydrogen (secondary N) is 2. The third kappa shape index (κ3) is 4.23. The first kappa shape index (κ1) is 15.4. The monoisotopic (exact) mass is 284 g/mol. The van der Waals surface area contributed by atoms with Gasteiger partial charge in [-0.3, -0.25) is 4.79 Å². The van der Waals surface area contributed by atoms with Crippen LogP contribution < -0.4 is 10.6 Å². The van der Waals surface area contributed by atoms with Crippen molar-refractivity contribution in [2.45, 2.75) is 19.4 Å². The summed E-state index contributed by atoms with van der Waals surface area (Å²) >= 11 is 0. The van der Waals surface area contributed by atoms with Crippen molar-refractivity contribution in [3.63, 3.8) is 0 Å². The molecule has 0 aliphatic heterocycles. The Morgan fingerprint density at radius 2 is 1.95 bits per heavy atom. The SMILES string of the molecule is Cc1cccc(F)c1NC(=O)N[C@@H](CC(=O)O)C(=O)O. The average molecular weight is 284 g/mol. The van der Waals surface area contributed by atoms with Crippen LogP contribution in [0.5, 0.6) is 0 Å². The second kappa shape index (κ2) is 6.50. The van der Waals surface area contributed by atoms with Gasteiger partial charge in [-0.05, 0) is 18.6 Å². The summed E-state index contributed by atoms with van der Waals surface area (Å²) in [7, 11) is 0. The number of carboxylic acids is 2. The Morgan fingerprint density at radius 3 is 2.45 bits per heavy atom. The Balaban J connectivity index is 2.76. The molecule has 1 aromatic carbocycles. The van der Waals surface area contributed by atoms with E-state index in [-0.39, 0.29) is 5.69 Å². The summed E-state index contributed by atoms with van der Waals surface area (Å²) < 4.78 is 13.5. The minimum atomic E-state index is -1.60. The van der Waals surface area contributed by atoms with Crippen LogP contribution in [0.4, 0.5) is 14.9 Å². The normalized spacial score (nSPS) is 11.5. The molecule has 1 atom stereocenters. The molecule has 8 heteroatoms. The molecular formula is C12H13FN2O5. The molecule has 2 amide bonds. The van der Waals surface area contributed by atoms with Gasteiger partial charge in [-0.25, -0.2) is 14.0 Å². The molecule has 4 N–H and O–H groups in total. The summed E-state index contributed by atoms with van der Waals surface area (Å²) in [4.78, 5) is 32.8. The maximum Gasteiger partial charge on any atom is 0.326 e. The van der Waals surface area contributed by atoms with Gasteiger partial charge in [-0.15, -0.1) is 0 Å². The Morgan fingerprint density at radius 1 is 1.30 bits per heavy atom. The summed E-state index contributed by atoms with van der Waals surface area (Å²) in [6.07, 6.45) is -0.779. The fraction of sp³-hybridized carbons (Fsp3) is 0.250. The maximum atomic E-state index is 13.5. The van der Waals surface area contributed by atoms with E-state index >= 15 is 0 Å². The number of para-hydroxylation sites is 1. The molecule has 0 aliphatic carbocycles. The van der Waals surface area contributed by atoms with Crippen molar-refractivity contribution in [1.29, 1.82) is 0 Å². The van der Waals surface area contributed by atoms with E-state index in [1.165, 1.54) is 6.07 Å². The van der Waals surface area contributed by atoms with Crippen LogP contribution in [0, 0.1) is 12.7 Å². The summed E-state index contributed by atoms with van der Waals surface area (Å²) in [5.41, 5.74) is 0.356. The van der Waals surface area contributed by atoms with Gasteiger partial charge in [0.2, 0.25) is 0 Å². The number of urea groups is 1. The first-order valence-electron chi connectivity index (χ1n) is 5.58. The van der Waals surface area contributed by atoms with Crippen LogP contribution >= 0.6 is 0 Å². The molecule has 0 bridgehead atoms. The molecule has 0 saturated heterocycles. The number of aliphatic carboxylic acids is 2. The lowest BCUT2D eigenvalue weighted by molar-refractivity contribution is -0.145. The summed E-state index contributed by atoms with van der Waals surface area (Å²) in [6.45, 7) is 1.56. The molecule has 0 aromatic heterocycles. The second-order valence-electron chi connectivity index (χ2n) is 4.02. The van der Waals surface area contributed by atoms with E-state index in [2.05, 4.69) is 5.32 Å². The number of halogens is 1. The van der Waals surface area contributed by atoms with Crippen LogP contribution in [0.2, 0.25) is 0 Å². The van der Waals surface area contributed by atoms with Crippen LogP contribution in [0.3, 0.4) is 0 Å². The number of hydrogen-bond donors (Lipinski definition) is 4. The van der Waals surface area contributed by atoms with E-state index in [9.17, 15) is 18.8 Å². The lowest BCUT2D eigenvalue weighted by Crippen LogP contribution is -2.44. The van der Waals surface area contributed by atoms with Gasteiger partial charge >= 0.3 is 18.0 Å². The highest BCUT2D eigenvalue weighted by Gasteiger charge is 2.23. The molecule has 1 rings (SSSR count). The van der Waals surface area contributed by atoms with Gasteiger partial charge in [-0.2, -0.15) is 0 Å². The minimum absolute atomic E-state index is 0.0931. The Bertz CT molecular complexity index is 526. The Kier molecular flexibility index (Phi) is 5.01.